The van der Waals surface area contributed by atoms with E-state index < -0.39 is 0 Å². The average molecular weight is 449 g/mol. The van der Waals surface area contributed by atoms with Gasteiger partial charge in [0.25, 0.3) is 0 Å². The molecule has 7 heteroatoms. The van der Waals surface area contributed by atoms with E-state index in [1.807, 2.05) is 48.7 Å². The maximum atomic E-state index is 6.54. The molecular weight excluding hydrogens is 424 g/mol. The molecular formula is C25H25ClN4O2. The van der Waals surface area contributed by atoms with Gasteiger partial charge in [0, 0.05) is 30.2 Å². The van der Waals surface area contributed by atoms with Gasteiger partial charge in [0.2, 0.25) is 0 Å². The molecule has 1 fully saturated rings. The van der Waals surface area contributed by atoms with E-state index in [1.165, 1.54) is 0 Å². The van der Waals surface area contributed by atoms with Crippen LogP contribution in [0.5, 0.6) is 11.5 Å². The molecule has 0 amide bonds. The van der Waals surface area contributed by atoms with E-state index in [1.54, 1.807) is 6.20 Å². The molecule has 5 rings (SSSR count). The number of ether oxygens (including phenoxy) is 2. The Morgan fingerprint density at radius 2 is 2.09 bits per heavy atom. The first-order valence-electron chi connectivity index (χ1n) is 10.9. The van der Waals surface area contributed by atoms with E-state index in [4.69, 9.17) is 21.1 Å². The SMILES string of the molecule is Clc1cc(N2CN=Cc3cc(O[C@H]4CCCNC4)ccc32)ccc1OCc1ccccn1. The lowest BCUT2D eigenvalue weighted by Gasteiger charge is -2.29. The monoisotopic (exact) mass is 448 g/mol. The van der Waals surface area contributed by atoms with Gasteiger partial charge in [0.1, 0.15) is 30.9 Å². The van der Waals surface area contributed by atoms with Crippen LogP contribution in [0, 0.1) is 0 Å². The summed E-state index contributed by atoms with van der Waals surface area (Å²) in [6.45, 7) is 2.87. The van der Waals surface area contributed by atoms with Crippen molar-refractivity contribution in [2.45, 2.75) is 25.6 Å². The number of hydrogen-bond donors (Lipinski definition) is 1. The summed E-state index contributed by atoms with van der Waals surface area (Å²) < 4.78 is 12.0. The Morgan fingerprint density at radius 3 is 2.91 bits per heavy atom. The van der Waals surface area contributed by atoms with Crippen LogP contribution in [0.4, 0.5) is 11.4 Å². The highest BCUT2D eigenvalue weighted by atomic mass is 35.5. The van der Waals surface area contributed by atoms with Gasteiger partial charge in [-0.2, -0.15) is 0 Å². The van der Waals surface area contributed by atoms with Crippen molar-refractivity contribution in [3.8, 4) is 11.5 Å². The number of anilines is 2. The maximum absolute atomic E-state index is 6.54. The summed E-state index contributed by atoms with van der Waals surface area (Å²) in [7, 11) is 0. The molecule has 1 atom stereocenters. The summed E-state index contributed by atoms with van der Waals surface area (Å²) in [5.74, 6) is 1.51. The van der Waals surface area contributed by atoms with Gasteiger partial charge in [-0.25, -0.2) is 0 Å². The molecule has 0 unspecified atom stereocenters. The van der Waals surface area contributed by atoms with Gasteiger partial charge in [0.05, 0.1) is 16.4 Å². The van der Waals surface area contributed by atoms with Gasteiger partial charge in [-0.3, -0.25) is 9.98 Å². The predicted molar refractivity (Wildman–Crippen MR) is 128 cm³/mol. The molecule has 3 aromatic rings. The van der Waals surface area contributed by atoms with Gasteiger partial charge in [0.15, 0.2) is 0 Å². The maximum Gasteiger partial charge on any atom is 0.138 e. The topological polar surface area (TPSA) is 59.0 Å². The second kappa shape index (κ2) is 9.59. The normalized spacial score (nSPS) is 17.7. The largest absolute Gasteiger partial charge is 0.489 e. The van der Waals surface area contributed by atoms with Crippen LogP contribution < -0.4 is 19.7 Å². The van der Waals surface area contributed by atoms with Gasteiger partial charge >= 0.3 is 0 Å². The number of aromatic nitrogens is 1. The Balaban J connectivity index is 1.31. The number of piperidine rings is 1. The highest BCUT2D eigenvalue weighted by Gasteiger charge is 2.19. The molecule has 0 radical (unpaired) electrons. The molecule has 1 N–H and O–H groups in total. The first kappa shape index (κ1) is 20.8. The average Bonchev–Trinajstić information content (AvgIpc) is 2.84. The summed E-state index contributed by atoms with van der Waals surface area (Å²) >= 11 is 6.54. The van der Waals surface area contributed by atoms with E-state index in [9.17, 15) is 0 Å². The zero-order chi connectivity index (χ0) is 21.8. The molecule has 1 aromatic heterocycles. The second-order valence-electron chi connectivity index (χ2n) is 7.91. The van der Waals surface area contributed by atoms with Gasteiger partial charge in [-0.1, -0.05) is 17.7 Å². The Labute approximate surface area is 192 Å². The van der Waals surface area contributed by atoms with Crippen molar-refractivity contribution in [2.75, 3.05) is 24.7 Å². The Hall–Kier alpha value is -3.09. The van der Waals surface area contributed by atoms with E-state index in [0.717, 1.165) is 54.3 Å². The number of pyridine rings is 1. The van der Waals surface area contributed by atoms with E-state index in [-0.39, 0.29) is 6.10 Å². The smallest absolute Gasteiger partial charge is 0.138 e. The fourth-order valence-corrected chi connectivity index (χ4v) is 4.22. The third-order valence-electron chi connectivity index (χ3n) is 5.63. The summed E-state index contributed by atoms with van der Waals surface area (Å²) in [5.41, 5.74) is 3.92. The van der Waals surface area contributed by atoms with E-state index in [0.29, 0.717) is 24.0 Å². The molecule has 2 aliphatic heterocycles. The zero-order valence-electron chi connectivity index (χ0n) is 17.7. The van der Waals surface area contributed by atoms with Crippen molar-refractivity contribution >= 4 is 29.2 Å². The van der Waals surface area contributed by atoms with Gasteiger partial charge < -0.3 is 19.7 Å². The first-order valence-corrected chi connectivity index (χ1v) is 11.2. The Morgan fingerprint density at radius 1 is 1.12 bits per heavy atom. The third-order valence-corrected chi connectivity index (χ3v) is 5.92. The highest BCUT2D eigenvalue weighted by molar-refractivity contribution is 6.32. The van der Waals surface area contributed by atoms with Crippen molar-refractivity contribution in [1.29, 1.82) is 0 Å². The number of benzene rings is 2. The van der Waals surface area contributed by atoms with Gasteiger partial charge in [-0.15, -0.1) is 0 Å². The van der Waals surface area contributed by atoms with Crippen LogP contribution in [0.2, 0.25) is 5.02 Å². The lowest BCUT2D eigenvalue weighted by molar-refractivity contribution is 0.167. The fourth-order valence-electron chi connectivity index (χ4n) is 4.00. The minimum Gasteiger partial charge on any atom is -0.489 e. The second-order valence-corrected chi connectivity index (χ2v) is 8.32. The minimum absolute atomic E-state index is 0.218. The van der Waals surface area contributed by atoms with E-state index in [2.05, 4.69) is 32.3 Å². The molecule has 2 aromatic carbocycles. The standard InChI is InChI=1S/C25H25ClN4O2/c26-23-13-20(6-9-25(23)31-16-19-4-1-2-11-29-19)30-17-28-14-18-12-21(7-8-24(18)30)32-22-5-3-10-27-15-22/h1-2,4,6-9,11-14,22,27H,3,5,10,15-17H2/t22-/m0/s1. The highest BCUT2D eigenvalue weighted by Crippen LogP contribution is 2.36. The lowest BCUT2D eigenvalue weighted by Crippen LogP contribution is -2.37. The lowest BCUT2D eigenvalue weighted by atomic mass is 10.1. The van der Waals surface area contributed by atoms with Crippen molar-refractivity contribution in [2.24, 2.45) is 4.99 Å². The number of rotatable bonds is 6. The Kier molecular flexibility index (Phi) is 6.23. The molecule has 1 saturated heterocycles. The predicted octanol–water partition coefficient (Wildman–Crippen LogP) is 4.97. The molecule has 0 bridgehead atoms. The number of nitrogens with one attached hydrogen (secondary N) is 1. The number of hydrogen-bond acceptors (Lipinski definition) is 6. The number of aliphatic imine (C=N–C) groups is 1. The zero-order valence-corrected chi connectivity index (χ0v) is 18.5. The third kappa shape index (κ3) is 4.71. The fraction of sp³-hybridized carbons (Fsp3) is 0.280. The molecule has 0 spiro atoms. The minimum atomic E-state index is 0.218. The van der Waals surface area contributed by atoms with Crippen molar-refractivity contribution in [1.82, 2.24) is 10.3 Å². The van der Waals surface area contributed by atoms with Crippen LogP contribution in [-0.2, 0) is 6.61 Å². The molecule has 3 heterocycles. The van der Waals surface area contributed by atoms with Crippen molar-refractivity contribution < 1.29 is 9.47 Å². The molecule has 2 aliphatic rings. The van der Waals surface area contributed by atoms with Gasteiger partial charge in [-0.05, 0) is 67.9 Å². The number of fused-ring (bicyclic) bond motifs is 1. The summed E-state index contributed by atoms with van der Waals surface area (Å²) in [6.07, 6.45) is 6.10. The molecule has 32 heavy (non-hydrogen) atoms. The summed E-state index contributed by atoms with van der Waals surface area (Å²) in [5, 5.41) is 3.94. The molecule has 164 valence electrons. The summed E-state index contributed by atoms with van der Waals surface area (Å²) in [4.78, 5) is 11.0. The van der Waals surface area contributed by atoms with Crippen LogP contribution >= 0.6 is 11.6 Å². The number of nitrogens with zero attached hydrogens (tertiary/aromatic N) is 3. The summed E-state index contributed by atoms with van der Waals surface area (Å²) in [6, 6.07) is 17.7. The van der Waals surface area contributed by atoms with Crippen molar-refractivity contribution in [3.05, 3.63) is 77.1 Å². The molecule has 6 nitrogen and oxygen atoms in total. The molecule has 0 saturated carbocycles. The Bertz CT molecular complexity index is 1100. The van der Waals surface area contributed by atoms with Crippen LogP contribution in [0.1, 0.15) is 24.1 Å². The van der Waals surface area contributed by atoms with E-state index >= 15 is 0 Å². The number of halogens is 1. The first-order chi connectivity index (χ1) is 15.8. The van der Waals surface area contributed by atoms with Crippen LogP contribution in [0.15, 0.2) is 65.8 Å². The molecule has 0 aliphatic carbocycles. The van der Waals surface area contributed by atoms with Crippen LogP contribution in [0.3, 0.4) is 0 Å². The quantitative estimate of drug-likeness (QED) is 0.576. The van der Waals surface area contributed by atoms with Crippen molar-refractivity contribution in [3.63, 3.8) is 0 Å². The van der Waals surface area contributed by atoms with Crippen LogP contribution in [0.25, 0.3) is 0 Å². The van der Waals surface area contributed by atoms with Crippen LogP contribution in [-0.4, -0.2) is 37.1 Å².